The van der Waals surface area contributed by atoms with E-state index in [1.54, 1.807) is 10.9 Å². The van der Waals surface area contributed by atoms with Gasteiger partial charge in [0, 0.05) is 24.9 Å². The highest BCUT2D eigenvalue weighted by Gasteiger charge is 2.11. The van der Waals surface area contributed by atoms with Gasteiger partial charge >= 0.3 is 0 Å². The van der Waals surface area contributed by atoms with Crippen LogP contribution in [0.5, 0.6) is 0 Å². The summed E-state index contributed by atoms with van der Waals surface area (Å²) >= 11 is 0. The average molecular weight is 344 g/mol. The molecule has 3 aromatic rings. The molecule has 5 nitrogen and oxygen atoms in total. The minimum absolute atomic E-state index is 0.204. The fourth-order valence-corrected chi connectivity index (χ4v) is 2.62. The largest absolute Gasteiger partial charge is 0.313 e. The van der Waals surface area contributed by atoms with Crippen LogP contribution < -0.4 is 5.43 Å². The van der Waals surface area contributed by atoms with Gasteiger partial charge < -0.3 is 5.41 Å². The number of aromatic nitrogens is 2. The average Bonchev–Trinajstić information content (AvgIpc) is 2.69. The third kappa shape index (κ3) is 4.00. The van der Waals surface area contributed by atoms with Crippen molar-refractivity contribution >= 4 is 17.6 Å². The molecular weight excluding hydrogens is 324 g/mol. The van der Waals surface area contributed by atoms with Crippen LogP contribution in [-0.4, -0.2) is 21.7 Å². The lowest BCUT2D eigenvalue weighted by Gasteiger charge is -2.09. The maximum Gasteiger partial charge on any atom is 0.209 e. The van der Waals surface area contributed by atoms with Crippen LogP contribution in [0.4, 0.5) is 5.69 Å². The van der Waals surface area contributed by atoms with Gasteiger partial charge in [0.05, 0.1) is 17.1 Å². The molecule has 1 heterocycles. The van der Waals surface area contributed by atoms with Crippen LogP contribution in [0.25, 0.3) is 5.69 Å². The molecule has 3 rings (SSSR count). The molecule has 2 aromatic carbocycles. The van der Waals surface area contributed by atoms with Crippen molar-refractivity contribution in [3.8, 4) is 5.69 Å². The summed E-state index contributed by atoms with van der Waals surface area (Å²) in [5, 5.41) is 12.0. The first-order valence-electron chi connectivity index (χ1n) is 8.52. The molecule has 0 amide bonds. The molecule has 0 bridgehead atoms. The fraction of sp³-hybridized carbons (Fsp3) is 0.143. The lowest BCUT2D eigenvalue weighted by molar-refractivity contribution is 0.825. The van der Waals surface area contributed by atoms with Crippen molar-refractivity contribution in [2.45, 2.75) is 19.8 Å². The van der Waals surface area contributed by atoms with Gasteiger partial charge in [-0.15, -0.1) is 0 Å². The predicted octanol–water partition coefficient (Wildman–Crippen LogP) is 3.96. The molecule has 130 valence electrons. The summed E-state index contributed by atoms with van der Waals surface area (Å²) < 4.78 is 1.68. The molecule has 26 heavy (non-hydrogen) atoms. The van der Waals surface area contributed by atoms with E-state index >= 15 is 0 Å². The molecule has 1 N–H and O–H groups in total. The lowest BCUT2D eigenvalue weighted by atomic mass is 10.1. The van der Waals surface area contributed by atoms with Gasteiger partial charge in [-0.3, -0.25) is 9.79 Å². The van der Waals surface area contributed by atoms with Crippen molar-refractivity contribution in [3.63, 3.8) is 0 Å². The van der Waals surface area contributed by atoms with Crippen molar-refractivity contribution in [2.75, 3.05) is 0 Å². The Kier molecular flexibility index (Phi) is 5.49. The predicted molar refractivity (Wildman–Crippen MR) is 105 cm³/mol. The maximum absolute atomic E-state index is 12.4. The molecule has 0 saturated heterocycles. The molecule has 0 aliphatic rings. The Balaban J connectivity index is 2.09. The van der Waals surface area contributed by atoms with Crippen LogP contribution in [0, 0.1) is 5.41 Å². The van der Waals surface area contributed by atoms with Crippen LogP contribution >= 0.6 is 0 Å². The number of nitrogens with zero attached hydrogens (tertiary/aromatic N) is 3. The molecular formula is C21H20N4O. The van der Waals surface area contributed by atoms with E-state index in [0.717, 1.165) is 17.8 Å². The normalized spacial score (nSPS) is 11.3. The Hall–Kier alpha value is -3.34. The molecule has 0 fully saturated rings. The van der Waals surface area contributed by atoms with Crippen LogP contribution in [0.3, 0.4) is 0 Å². The third-order valence-corrected chi connectivity index (χ3v) is 3.98. The van der Waals surface area contributed by atoms with Crippen molar-refractivity contribution in [1.82, 2.24) is 9.78 Å². The zero-order chi connectivity index (χ0) is 18.4. The van der Waals surface area contributed by atoms with E-state index in [4.69, 9.17) is 5.41 Å². The molecule has 0 atom stereocenters. The molecule has 1 aromatic heterocycles. The Morgan fingerprint density at radius 1 is 1.15 bits per heavy atom. The number of aryl methyl sites for hydroxylation is 1. The van der Waals surface area contributed by atoms with Gasteiger partial charge in [0.25, 0.3) is 0 Å². The van der Waals surface area contributed by atoms with Gasteiger partial charge in [-0.05, 0) is 36.2 Å². The molecule has 0 radical (unpaired) electrons. The topological polar surface area (TPSA) is 71.1 Å². The summed E-state index contributed by atoms with van der Waals surface area (Å²) in [6, 6.07) is 18.9. The highest BCUT2D eigenvalue weighted by molar-refractivity contribution is 6.06. The SMILES string of the molecule is CCc1cccc(-n2ccc(=O)c(C(CC=N)=Nc3ccccc3)n2)c1. The summed E-state index contributed by atoms with van der Waals surface area (Å²) in [6.07, 6.45) is 4.06. The number of para-hydroxylation sites is 1. The summed E-state index contributed by atoms with van der Waals surface area (Å²) in [5.41, 5.74) is 3.36. The molecule has 0 aliphatic carbocycles. The quantitative estimate of drug-likeness (QED) is 0.688. The van der Waals surface area contributed by atoms with Gasteiger partial charge in [-0.1, -0.05) is 37.3 Å². The highest BCUT2D eigenvalue weighted by atomic mass is 16.1. The van der Waals surface area contributed by atoms with Gasteiger partial charge in [0.2, 0.25) is 5.43 Å². The first-order valence-corrected chi connectivity index (χ1v) is 8.52. The highest BCUT2D eigenvalue weighted by Crippen LogP contribution is 2.14. The smallest absolute Gasteiger partial charge is 0.209 e. The van der Waals surface area contributed by atoms with Crippen LogP contribution in [0.1, 0.15) is 24.6 Å². The Labute approximate surface area is 152 Å². The monoisotopic (exact) mass is 344 g/mol. The summed E-state index contributed by atoms with van der Waals surface area (Å²) in [4.78, 5) is 16.9. The minimum Gasteiger partial charge on any atom is -0.313 e. The Bertz CT molecular complexity index is 990. The van der Waals surface area contributed by atoms with E-state index in [-0.39, 0.29) is 17.5 Å². The van der Waals surface area contributed by atoms with E-state index < -0.39 is 0 Å². The summed E-state index contributed by atoms with van der Waals surface area (Å²) in [7, 11) is 0. The first kappa shape index (κ1) is 17.5. The second kappa shape index (κ2) is 8.16. The van der Waals surface area contributed by atoms with Gasteiger partial charge in [0.1, 0.15) is 0 Å². The number of rotatable bonds is 6. The second-order valence-corrected chi connectivity index (χ2v) is 5.80. The van der Waals surface area contributed by atoms with E-state index in [2.05, 4.69) is 23.1 Å². The lowest BCUT2D eigenvalue weighted by Crippen LogP contribution is -2.21. The molecule has 0 unspecified atom stereocenters. The fourth-order valence-electron chi connectivity index (χ4n) is 2.62. The Morgan fingerprint density at radius 3 is 2.69 bits per heavy atom. The second-order valence-electron chi connectivity index (χ2n) is 5.80. The van der Waals surface area contributed by atoms with Gasteiger partial charge in [0.15, 0.2) is 5.69 Å². The van der Waals surface area contributed by atoms with Gasteiger partial charge in [-0.2, -0.15) is 5.10 Å². The number of benzene rings is 2. The third-order valence-electron chi connectivity index (χ3n) is 3.98. The van der Waals surface area contributed by atoms with Crippen molar-refractivity contribution in [1.29, 1.82) is 5.41 Å². The number of nitrogens with one attached hydrogen (secondary N) is 1. The van der Waals surface area contributed by atoms with Crippen LogP contribution in [0.2, 0.25) is 0 Å². The molecule has 0 aliphatic heterocycles. The molecule has 0 spiro atoms. The van der Waals surface area contributed by atoms with E-state index in [1.165, 1.54) is 17.8 Å². The summed E-state index contributed by atoms with van der Waals surface area (Å²) in [6.45, 7) is 2.10. The van der Waals surface area contributed by atoms with Crippen LogP contribution in [-0.2, 0) is 6.42 Å². The van der Waals surface area contributed by atoms with Crippen LogP contribution in [0.15, 0.2) is 76.6 Å². The van der Waals surface area contributed by atoms with Crippen molar-refractivity contribution in [3.05, 3.63) is 88.3 Å². The molecule has 0 saturated carbocycles. The van der Waals surface area contributed by atoms with Crippen molar-refractivity contribution < 1.29 is 0 Å². The molecule has 5 heteroatoms. The first-order chi connectivity index (χ1) is 12.7. The number of aliphatic imine (C=N–C) groups is 1. The van der Waals surface area contributed by atoms with E-state index in [0.29, 0.717) is 5.71 Å². The minimum atomic E-state index is -0.204. The number of hydrogen-bond acceptors (Lipinski definition) is 4. The van der Waals surface area contributed by atoms with Gasteiger partial charge in [-0.25, -0.2) is 4.68 Å². The standard InChI is InChI=1S/C21H20N4O/c1-2-16-7-6-10-18(15-16)25-14-12-20(26)21(24-25)19(11-13-22)23-17-8-4-3-5-9-17/h3-10,12-15,22H,2,11H2,1H3. The number of hydrogen-bond donors (Lipinski definition) is 1. The maximum atomic E-state index is 12.4. The zero-order valence-corrected chi connectivity index (χ0v) is 14.6. The summed E-state index contributed by atoms with van der Waals surface area (Å²) in [5.74, 6) is 0. The van der Waals surface area contributed by atoms with E-state index in [1.807, 2.05) is 48.5 Å². The van der Waals surface area contributed by atoms with Crippen molar-refractivity contribution in [2.24, 2.45) is 4.99 Å². The Morgan fingerprint density at radius 2 is 1.96 bits per heavy atom. The van der Waals surface area contributed by atoms with E-state index in [9.17, 15) is 4.79 Å². The zero-order valence-electron chi connectivity index (χ0n) is 14.6.